The minimum absolute atomic E-state index is 0.0414. The van der Waals surface area contributed by atoms with E-state index >= 15 is 0 Å². The molecule has 0 radical (unpaired) electrons. The highest BCUT2D eigenvalue weighted by Crippen LogP contribution is 2.29. The lowest BCUT2D eigenvalue weighted by Crippen LogP contribution is -2.32. The monoisotopic (exact) mass is 580 g/mol. The van der Waals surface area contributed by atoms with Gasteiger partial charge in [-0.3, -0.25) is 14.4 Å². The fraction of sp³-hybridized carbons (Fsp3) is 0.0435. The molecule has 8 nitrogen and oxygen atoms in total. The van der Waals surface area contributed by atoms with Crippen LogP contribution in [-0.4, -0.2) is 30.5 Å². The van der Waals surface area contributed by atoms with E-state index in [0.29, 0.717) is 15.8 Å². The fourth-order valence-corrected chi connectivity index (χ4v) is 3.25. The van der Waals surface area contributed by atoms with Crippen molar-refractivity contribution in [1.82, 2.24) is 5.43 Å². The Morgan fingerprint density at radius 3 is 2.43 bits per heavy atom. The predicted octanol–water partition coefficient (Wildman–Crippen LogP) is 5.00. The molecule has 0 spiro atoms. The number of amides is 3. The number of carbonyl (C=O) groups is 3. The lowest BCUT2D eigenvalue weighted by Gasteiger charge is -2.08. The minimum atomic E-state index is -1.01. The summed E-state index contributed by atoms with van der Waals surface area (Å²) in [6.07, 6.45) is 1.31. The van der Waals surface area contributed by atoms with E-state index in [0.717, 1.165) is 0 Å². The van der Waals surface area contributed by atoms with Gasteiger partial charge in [0.15, 0.2) is 6.61 Å². The van der Waals surface area contributed by atoms with Crippen LogP contribution in [0.25, 0.3) is 0 Å². The van der Waals surface area contributed by atoms with Gasteiger partial charge in [0.25, 0.3) is 5.91 Å². The third-order valence-electron chi connectivity index (χ3n) is 4.24. The van der Waals surface area contributed by atoms with Crippen LogP contribution < -0.4 is 20.8 Å². The summed E-state index contributed by atoms with van der Waals surface area (Å²) in [5, 5.41) is 8.82. The lowest BCUT2D eigenvalue weighted by molar-refractivity contribution is -0.136. The van der Waals surface area contributed by atoms with Crippen LogP contribution in [0.1, 0.15) is 5.56 Å². The highest BCUT2D eigenvalue weighted by Gasteiger charge is 2.15. The van der Waals surface area contributed by atoms with Crippen molar-refractivity contribution in [1.29, 1.82) is 0 Å². The molecule has 35 heavy (non-hydrogen) atoms. The lowest BCUT2D eigenvalue weighted by atomic mass is 10.2. The molecule has 0 aliphatic rings. The van der Waals surface area contributed by atoms with Crippen LogP contribution in [0.4, 0.5) is 15.8 Å². The van der Waals surface area contributed by atoms with Crippen LogP contribution in [-0.2, 0) is 14.4 Å². The Balaban J connectivity index is 1.45. The first-order valence-electron chi connectivity index (χ1n) is 9.79. The molecule has 0 unspecified atom stereocenters. The van der Waals surface area contributed by atoms with E-state index in [-0.39, 0.29) is 28.0 Å². The molecule has 3 amide bonds. The predicted molar refractivity (Wildman–Crippen MR) is 135 cm³/mol. The van der Waals surface area contributed by atoms with E-state index in [2.05, 4.69) is 37.1 Å². The van der Waals surface area contributed by atoms with Gasteiger partial charge in [0.05, 0.1) is 27.6 Å². The van der Waals surface area contributed by atoms with E-state index in [1.165, 1.54) is 24.4 Å². The molecule has 3 N–H and O–H groups in total. The summed E-state index contributed by atoms with van der Waals surface area (Å²) >= 11 is 15.0. The smallest absolute Gasteiger partial charge is 0.329 e. The highest BCUT2D eigenvalue weighted by atomic mass is 79.9. The molecular formula is C23H16BrCl2FN4O4. The number of anilines is 2. The van der Waals surface area contributed by atoms with Crippen LogP contribution in [0, 0.1) is 5.82 Å². The van der Waals surface area contributed by atoms with E-state index in [4.69, 9.17) is 27.9 Å². The number of benzene rings is 3. The number of carbonyl (C=O) groups excluding carboxylic acids is 3. The summed E-state index contributed by atoms with van der Waals surface area (Å²) in [5.41, 5.74) is 2.91. The second-order valence-electron chi connectivity index (χ2n) is 6.78. The van der Waals surface area contributed by atoms with Gasteiger partial charge in [0.2, 0.25) is 0 Å². The largest absolute Gasteiger partial charge is 0.484 e. The van der Waals surface area contributed by atoms with Gasteiger partial charge in [-0.15, -0.1) is 0 Å². The third-order valence-corrected chi connectivity index (χ3v) is 5.55. The molecule has 0 saturated heterocycles. The second-order valence-corrected chi connectivity index (χ2v) is 8.49. The number of hydrogen-bond donors (Lipinski definition) is 3. The Bertz CT molecular complexity index is 1290. The first kappa shape index (κ1) is 26.1. The molecule has 3 aromatic carbocycles. The number of ether oxygens (including phenoxy) is 1. The Morgan fingerprint density at radius 2 is 1.71 bits per heavy atom. The molecule has 0 aliphatic carbocycles. The summed E-state index contributed by atoms with van der Waals surface area (Å²) in [5.74, 6) is -2.71. The van der Waals surface area contributed by atoms with E-state index in [1.807, 2.05) is 0 Å². The molecule has 0 saturated carbocycles. The molecule has 3 aromatic rings. The van der Waals surface area contributed by atoms with Crippen molar-refractivity contribution < 1.29 is 23.5 Å². The van der Waals surface area contributed by atoms with Crippen molar-refractivity contribution in [2.45, 2.75) is 0 Å². The van der Waals surface area contributed by atoms with Crippen molar-refractivity contribution in [2.75, 3.05) is 17.2 Å². The Labute approximate surface area is 217 Å². The summed E-state index contributed by atoms with van der Waals surface area (Å²) < 4.78 is 19.7. The molecule has 0 heterocycles. The molecule has 0 atom stereocenters. The zero-order chi connectivity index (χ0) is 25.4. The van der Waals surface area contributed by atoms with Crippen molar-refractivity contribution in [2.24, 2.45) is 5.10 Å². The van der Waals surface area contributed by atoms with Gasteiger partial charge in [-0.1, -0.05) is 45.2 Å². The van der Waals surface area contributed by atoms with Gasteiger partial charge in [-0.25, -0.2) is 9.82 Å². The van der Waals surface area contributed by atoms with Gasteiger partial charge in [-0.05, 0) is 60.2 Å². The molecule has 0 aliphatic heterocycles. The van der Waals surface area contributed by atoms with Crippen molar-refractivity contribution in [3.8, 4) is 5.75 Å². The highest BCUT2D eigenvalue weighted by molar-refractivity contribution is 9.10. The van der Waals surface area contributed by atoms with Crippen LogP contribution >= 0.6 is 39.1 Å². The summed E-state index contributed by atoms with van der Waals surface area (Å²) in [6, 6.07) is 15.3. The van der Waals surface area contributed by atoms with Gasteiger partial charge in [-0.2, -0.15) is 5.10 Å². The minimum Gasteiger partial charge on any atom is -0.484 e. The Hall–Kier alpha value is -3.47. The number of hydrazone groups is 1. The maximum Gasteiger partial charge on any atom is 0.329 e. The zero-order valence-corrected chi connectivity index (χ0v) is 20.7. The van der Waals surface area contributed by atoms with Gasteiger partial charge in [0.1, 0.15) is 11.6 Å². The normalized spacial score (nSPS) is 10.6. The second kappa shape index (κ2) is 12.3. The number of nitrogens with zero attached hydrogens (tertiary/aromatic N) is 1. The molecule has 12 heteroatoms. The molecule has 0 aromatic heterocycles. The van der Waals surface area contributed by atoms with Crippen LogP contribution in [0.3, 0.4) is 0 Å². The Morgan fingerprint density at radius 1 is 0.971 bits per heavy atom. The summed E-state index contributed by atoms with van der Waals surface area (Å²) in [6.45, 7) is -0.329. The maximum absolute atomic E-state index is 13.8. The average molecular weight is 582 g/mol. The van der Waals surface area contributed by atoms with Crippen molar-refractivity contribution in [3.63, 3.8) is 0 Å². The van der Waals surface area contributed by atoms with Gasteiger partial charge < -0.3 is 15.4 Å². The first-order chi connectivity index (χ1) is 16.7. The standard InChI is InChI=1S/C23H16BrCl2FN4O4/c24-14-6-9-18(17(27)10-14)29-20(32)12-35-15-7-4-13(5-8-15)11-28-31-23(34)22(33)30-19-3-1-2-16(25)21(19)26/h1-11H,12H2,(H,29,32)(H,30,33)(H,31,34)/b28-11-. The summed E-state index contributed by atoms with van der Waals surface area (Å²) in [7, 11) is 0. The fourth-order valence-electron chi connectivity index (χ4n) is 2.57. The van der Waals surface area contributed by atoms with Gasteiger partial charge in [0, 0.05) is 4.47 Å². The number of halogens is 4. The summed E-state index contributed by atoms with van der Waals surface area (Å²) in [4.78, 5) is 35.9. The van der Waals surface area contributed by atoms with Gasteiger partial charge >= 0.3 is 11.8 Å². The SMILES string of the molecule is O=C(COc1ccc(/C=N\NC(=O)C(=O)Nc2cccc(Cl)c2Cl)cc1)Nc1ccc(Br)cc1F. The molecule has 180 valence electrons. The first-order valence-corrected chi connectivity index (χ1v) is 11.3. The van der Waals surface area contributed by atoms with Crippen molar-refractivity contribution >= 4 is 74.4 Å². The van der Waals surface area contributed by atoms with E-state index in [1.54, 1.807) is 42.5 Å². The number of hydrogen-bond acceptors (Lipinski definition) is 5. The Kier molecular flexibility index (Phi) is 9.18. The van der Waals surface area contributed by atoms with Crippen LogP contribution in [0.5, 0.6) is 5.75 Å². The van der Waals surface area contributed by atoms with Crippen LogP contribution in [0.2, 0.25) is 10.0 Å². The zero-order valence-electron chi connectivity index (χ0n) is 17.7. The third kappa shape index (κ3) is 7.78. The quantitative estimate of drug-likeness (QED) is 0.207. The molecule has 0 bridgehead atoms. The van der Waals surface area contributed by atoms with Crippen molar-refractivity contribution in [3.05, 3.63) is 86.6 Å². The molecular weight excluding hydrogens is 566 g/mol. The number of nitrogens with one attached hydrogen (secondary N) is 3. The van der Waals surface area contributed by atoms with E-state index < -0.39 is 23.5 Å². The molecule has 3 rings (SSSR count). The molecule has 0 fully saturated rings. The van der Waals surface area contributed by atoms with Crippen LogP contribution in [0.15, 0.2) is 70.2 Å². The topological polar surface area (TPSA) is 109 Å². The van der Waals surface area contributed by atoms with E-state index in [9.17, 15) is 18.8 Å². The average Bonchev–Trinajstić information content (AvgIpc) is 2.83. The number of rotatable bonds is 7. The maximum atomic E-state index is 13.8.